The molecule has 0 bridgehead atoms. The Kier molecular flexibility index (Phi) is 3.59. The molecule has 0 fully saturated rings. The number of hydrogen-bond donors (Lipinski definition) is 0. The zero-order chi connectivity index (χ0) is 14.1. The lowest BCUT2D eigenvalue weighted by Gasteiger charge is -2.07. The van der Waals surface area contributed by atoms with Crippen molar-refractivity contribution in [1.29, 1.82) is 0 Å². The fourth-order valence-corrected chi connectivity index (χ4v) is 2.43. The van der Waals surface area contributed by atoms with Gasteiger partial charge in [0.2, 0.25) is 0 Å². The van der Waals surface area contributed by atoms with Gasteiger partial charge in [0.05, 0.1) is 17.4 Å². The third-order valence-electron chi connectivity index (χ3n) is 3.06. The molecule has 3 heterocycles. The highest BCUT2D eigenvalue weighted by Gasteiger charge is 2.12. The van der Waals surface area contributed by atoms with Crippen LogP contribution in [0.2, 0.25) is 5.02 Å². The van der Waals surface area contributed by atoms with Crippen LogP contribution in [0.5, 0.6) is 0 Å². The molecule has 0 aliphatic rings. The van der Waals surface area contributed by atoms with E-state index in [-0.39, 0.29) is 0 Å². The fraction of sp³-hybridized carbons (Fsp3) is 0.214. The van der Waals surface area contributed by atoms with Crippen LogP contribution in [-0.2, 0) is 12.4 Å². The van der Waals surface area contributed by atoms with E-state index in [1.807, 2.05) is 29.8 Å². The van der Waals surface area contributed by atoms with E-state index in [2.05, 4.69) is 15.0 Å². The smallest absolute Gasteiger partial charge is 0.160 e. The summed E-state index contributed by atoms with van der Waals surface area (Å²) >= 11 is 11.9. The van der Waals surface area contributed by atoms with Crippen molar-refractivity contribution in [2.24, 2.45) is 0 Å². The number of rotatable bonds is 3. The average Bonchev–Trinajstić information content (AvgIpc) is 2.78. The molecule has 3 aromatic rings. The van der Waals surface area contributed by atoms with Crippen molar-refractivity contribution >= 4 is 34.4 Å². The molecular formula is C14H12Cl2N4. The molecule has 102 valence electrons. The molecule has 6 heteroatoms. The van der Waals surface area contributed by atoms with Gasteiger partial charge in [0.25, 0.3) is 0 Å². The Morgan fingerprint density at radius 1 is 1.20 bits per heavy atom. The van der Waals surface area contributed by atoms with Crippen molar-refractivity contribution < 1.29 is 0 Å². The molecular weight excluding hydrogens is 295 g/mol. The largest absolute Gasteiger partial charge is 0.307 e. The van der Waals surface area contributed by atoms with Gasteiger partial charge in [-0.3, -0.25) is 4.98 Å². The third-order valence-corrected chi connectivity index (χ3v) is 3.51. The van der Waals surface area contributed by atoms with Crippen LogP contribution >= 0.6 is 23.2 Å². The molecule has 0 radical (unpaired) electrons. The van der Waals surface area contributed by atoms with Gasteiger partial charge in [0, 0.05) is 18.1 Å². The van der Waals surface area contributed by atoms with Gasteiger partial charge < -0.3 is 4.57 Å². The zero-order valence-electron chi connectivity index (χ0n) is 10.8. The summed E-state index contributed by atoms with van der Waals surface area (Å²) in [6, 6.07) is 5.82. The molecule has 0 N–H and O–H groups in total. The standard InChI is InChI=1S/C14H12Cl2N4/c1-9-2-3-10(6-17-9)8-20-13(5-15)19-12-4-11(16)7-18-14(12)20/h2-4,6-7H,5,8H2,1H3. The normalized spacial score (nSPS) is 11.2. The van der Waals surface area contributed by atoms with Crippen LogP contribution in [0.3, 0.4) is 0 Å². The van der Waals surface area contributed by atoms with Crippen LogP contribution < -0.4 is 0 Å². The van der Waals surface area contributed by atoms with Crippen LogP contribution in [0.15, 0.2) is 30.6 Å². The summed E-state index contributed by atoms with van der Waals surface area (Å²) in [5, 5.41) is 0.570. The van der Waals surface area contributed by atoms with Crippen molar-refractivity contribution in [2.45, 2.75) is 19.3 Å². The summed E-state index contributed by atoms with van der Waals surface area (Å²) in [5.74, 6) is 1.10. The number of aryl methyl sites for hydroxylation is 1. The molecule has 0 amide bonds. The van der Waals surface area contributed by atoms with E-state index < -0.39 is 0 Å². The average molecular weight is 307 g/mol. The maximum atomic E-state index is 5.98. The van der Waals surface area contributed by atoms with Gasteiger partial charge in [0.1, 0.15) is 11.3 Å². The lowest BCUT2D eigenvalue weighted by atomic mass is 10.2. The van der Waals surface area contributed by atoms with Crippen LogP contribution in [0.1, 0.15) is 17.1 Å². The number of pyridine rings is 2. The Hall–Kier alpha value is -1.65. The summed E-state index contributed by atoms with van der Waals surface area (Å²) in [6.45, 7) is 2.60. The Labute approximate surface area is 126 Å². The minimum absolute atomic E-state index is 0.327. The first-order chi connectivity index (χ1) is 9.67. The minimum Gasteiger partial charge on any atom is -0.307 e. The number of aromatic nitrogens is 4. The Bertz CT molecular complexity index is 750. The number of fused-ring (bicyclic) bond motifs is 1. The van der Waals surface area contributed by atoms with Gasteiger partial charge in [-0.15, -0.1) is 11.6 Å². The van der Waals surface area contributed by atoms with Crippen LogP contribution in [-0.4, -0.2) is 19.5 Å². The van der Waals surface area contributed by atoms with Gasteiger partial charge in [-0.1, -0.05) is 17.7 Å². The van der Waals surface area contributed by atoms with Gasteiger partial charge in [-0.25, -0.2) is 9.97 Å². The van der Waals surface area contributed by atoms with Crippen molar-refractivity contribution in [3.8, 4) is 0 Å². The highest BCUT2D eigenvalue weighted by atomic mass is 35.5. The number of hydrogen-bond acceptors (Lipinski definition) is 3. The van der Waals surface area contributed by atoms with Crippen LogP contribution in [0.4, 0.5) is 0 Å². The predicted octanol–water partition coefficient (Wildman–Crippen LogP) is 3.58. The predicted molar refractivity (Wildman–Crippen MR) is 80.2 cm³/mol. The lowest BCUT2D eigenvalue weighted by molar-refractivity contribution is 0.766. The molecule has 20 heavy (non-hydrogen) atoms. The summed E-state index contributed by atoms with van der Waals surface area (Å²) < 4.78 is 1.99. The second kappa shape index (κ2) is 5.38. The number of nitrogens with zero attached hydrogens (tertiary/aromatic N) is 4. The second-order valence-corrected chi connectivity index (χ2v) is 5.26. The monoisotopic (exact) mass is 306 g/mol. The lowest BCUT2D eigenvalue weighted by Crippen LogP contribution is -2.05. The van der Waals surface area contributed by atoms with E-state index >= 15 is 0 Å². The number of halogens is 2. The summed E-state index contributed by atoms with van der Waals surface area (Å²) in [5.41, 5.74) is 3.61. The Morgan fingerprint density at radius 3 is 2.75 bits per heavy atom. The molecule has 3 aromatic heterocycles. The van der Waals surface area contributed by atoms with Crippen molar-refractivity contribution in [3.05, 3.63) is 52.7 Å². The van der Waals surface area contributed by atoms with E-state index in [1.165, 1.54) is 0 Å². The van der Waals surface area contributed by atoms with E-state index in [4.69, 9.17) is 23.2 Å². The molecule has 0 aromatic carbocycles. The molecule has 4 nitrogen and oxygen atoms in total. The molecule has 0 saturated heterocycles. The first kappa shape index (κ1) is 13.3. The van der Waals surface area contributed by atoms with E-state index in [0.717, 1.165) is 28.2 Å². The summed E-state index contributed by atoms with van der Waals surface area (Å²) in [6.07, 6.45) is 3.47. The quantitative estimate of drug-likeness (QED) is 0.695. The van der Waals surface area contributed by atoms with E-state index in [0.29, 0.717) is 17.4 Å². The topological polar surface area (TPSA) is 43.6 Å². The maximum absolute atomic E-state index is 5.98. The number of alkyl halides is 1. The Balaban J connectivity index is 2.07. The van der Waals surface area contributed by atoms with Crippen molar-refractivity contribution in [2.75, 3.05) is 0 Å². The molecule has 0 saturated carbocycles. The van der Waals surface area contributed by atoms with E-state index in [1.54, 1.807) is 12.3 Å². The molecule has 3 rings (SSSR count). The SMILES string of the molecule is Cc1ccc(Cn2c(CCl)nc3cc(Cl)cnc32)cn1. The molecule has 0 aliphatic heterocycles. The third kappa shape index (κ3) is 2.49. The molecule has 0 aliphatic carbocycles. The highest BCUT2D eigenvalue weighted by molar-refractivity contribution is 6.31. The first-order valence-corrected chi connectivity index (χ1v) is 7.07. The van der Waals surface area contributed by atoms with Crippen LogP contribution in [0, 0.1) is 6.92 Å². The van der Waals surface area contributed by atoms with Crippen LogP contribution in [0.25, 0.3) is 11.2 Å². The van der Waals surface area contributed by atoms with Gasteiger partial charge in [-0.2, -0.15) is 0 Å². The summed E-state index contributed by atoms with van der Waals surface area (Å²) in [7, 11) is 0. The minimum atomic E-state index is 0.327. The van der Waals surface area contributed by atoms with Crippen molar-refractivity contribution in [3.63, 3.8) is 0 Å². The van der Waals surface area contributed by atoms with Crippen molar-refractivity contribution in [1.82, 2.24) is 19.5 Å². The molecule has 0 atom stereocenters. The van der Waals surface area contributed by atoms with Gasteiger partial charge >= 0.3 is 0 Å². The first-order valence-electron chi connectivity index (χ1n) is 6.15. The molecule has 0 spiro atoms. The van der Waals surface area contributed by atoms with E-state index in [9.17, 15) is 0 Å². The van der Waals surface area contributed by atoms with Gasteiger partial charge in [0.15, 0.2) is 5.65 Å². The van der Waals surface area contributed by atoms with Gasteiger partial charge in [-0.05, 0) is 24.6 Å². The fourth-order valence-electron chi connectivity index (χ4n) is 2.08. The number of imidazole rings is 1. The Morgan fingerprint density at radius 2 is 2.05 bits per heavy atom. The molecule has 0 unspecified atom stereocenters. The highest BCUT2D eigenvalue weighted by Crippen LogP contribution is 2.20. The second-order valence-electron chi connectivity index (χ2n) is 4.55. The zero-order valence-corrected chi connectivity index (χ0v) is 12.4. The maximum Gasteiger partial charge on any atom is 0.160 e. The summed E-state index contributed by atoms with van der Waals surface area (Å²) in [4.78, 5) is 13.1.